The van der Waals surface area contributed by atoms with Crippen molar-refractivity contribution in [2.24, 2.45) is 5.92 Å². The van der Waals surface area contributed by atoms with Gasteiger partial charge in [-0.25, -0.2) is 4.39 Å². The Bertz CT molecular complexity index is 831. The van der Waals surface area contributed by atoms with Crippen molar-refractivity contribution in [3.05, 3.63) is 64.4 Å². The van der Waals surface area contributed by atoms with E-state index in [-0.39, 0.29) is 30.0 Å². The SMILES string of the molecule is Cc1c(Cl)cccc1NC(=O)CN1CCC(C(=O)c2ccc(F)cc2)CC1. The molecule has 0 saturated carbocycles. The van der Waals surface area contributed by atoms with Crippen LogP contribution in [0.4, 0.5) is 10.1 Å². The van der Waals surface area contributed by atoms with Gasteiger partial charge in [-0.05, 0) is 74.8 Å². The standard InChI is InChI=1S/C21H22ClFN2O2/c1-14-18(22)3-2-4-19(14)24-20(26)13-25-11-9-16(10-12-25)21(27)15-5-7-17(23)8-6-15/h2-8,16H,9-13H2,1H3,(H,24,26). The zero-order chi connectivity index (χ0) is 19.4. The maximum atomic E-state index is 13.0. The monoisotopic (exact) mass is 388 g/mol. The maximum absolute atomic E-state index is 13.0. The number of carbonyl (C=O) groups is 2. The average Bonchev–Trinajstić information content (AvgIpc) is 2.66. The highest BCUT2D eigenvalue weighted by atomic mass is 35.5. The molecule has 1 aliphatic rings. The molecule has 0 unspecified atom stereocenters. The number of nitrogens with zero attached hydrogens (tertiary/aromatic N) is 1. The number of hydrogen-bond donors (Lipinski definition) is 1. The Morgan fingerprint density at radius 1 is 1.15 bits per heavy atom. The molecule has 1 aliphatic heterocycles. The second kappa shape index (κ2) is 8.63. The van der Waals surface area contributed by atoms with E-state index in [0.717, 1.165) is 5.56 Å². The Hall–Kier alpha value is -2.24. The summed E-state index contributed by atoms with van der Waals surface area (Å²) in [4.78, 5) is 26.9. The van der Waals surface area contributed by atoms with E-state index in [0.29, 0.717) is 42.2 Å². The minimum atomic E-state index is -0.345. The fraction of sp³-hybridized carbons (Fsp3) is 0.333. The number of nitrogens with one attached hydrogen (secondary N) is 1. The minimum absolute atomic E-state index is 0.0497. The van der Waals surface area contributed by atoms with Crippen LogP contribution in [-0.4, -0.2) is 36.2 Å². The summed E-state index contributed by atoms with van der Waals surface area (Å²) >= 11 is 6.08. The highest BCUT2D eigenvalue weighted by Crippen LogP contribution is 2.24. The lowest BCUT2D eigenvalue weighted by atomic mass is 9.89. The first kappa shape index (κ1) is 19.5. The van der Waals surface area contributed by atoms with E-state index >= 15 is 0 Å². The summed E-state index contributed by atoms with van der Waals surface area (Å²) in [6.07, 6.45) is 1.39. The first-order valence-corrected chi connectivity index (χ1v) is 9.39. The molecule has 3 rings (SSSR count). The number of rotatable bonds is 5. The highest BCUT2D eigenvalue weighted by Gasteiger charge is 2.26. The molecule has 1 N–H and O–H groups in total. The molecule has 1 amide bonds. The molecule has 2 aromatic rings. The number of likely N-dealkylation sites (tertiary alicyclic amines) is 1. The van der Waals surface area contributed by atoms with Crippen molar-refractivity contribution in [1.82, 2.24) is 4.90 Å². The number of Topliss-reactive ketones (excluding diaryl/α,β-unsaturated/α-hetero) is 1. The van der Waals surface area contributed by atoms with E-state index in [1.54, 1.807) is 12.1 Å². The summed E-state index contributed by atoms with van der Waals surface area (Å²) in [5.74, 6) is -0.468. The zero-order valence-electron chi connectivity index (χ0n) is 15.2. The van der Waals surface area contributed by atoms with Crippen molar-refractivity contribution in [2.45, 2.75) is 19.8 Å². The van der Waals surface area contributed by atoms with E-state index in [4.69, 9.17) is 11.6 Å². The number of piperidine rings is 1. The van der Waals surface area contributed by atoms with E-state index in [2.05, 4.69) is 5.32 Å². The Labute approximate surface area is 163 Å². The summed E-state index contributed by atoms with van der Waals surface area (Å²) in [7, 11) is 0. The van der Waals surface area contributed by atoms with E-state index in [1.165, 1.54) is 24.3 Å². The van der Waals surface area contributed by atoms with Gasteiger partial charge in [-0.3, -0.25) is 14.5 Å². The lowest BCUT2D eigenvalue weighted by molar-refractivity contribution is -0.117. The van der Waals surface area contributed by atoms with Crippen molar-refractivity contribution >= 4 is 29.0 Å². The second-order valence-electron chi connectivity index (χ2n) is 6.88. The highest BCUT2D eigenvalue weighted by molar-refractivity contribution is 6.31. The zero-order valence-corrected chi connectivity index (χ0v) is 15.9. The van der Waals surface area contributed by atoms with Gasteiger partial charge in [0, 0.05) is 22.2 Å². The molecule has 0 aromatic heterocycles. The van der Waals surface area contributed by atoms with Gasteiger partial charge in [-0.15, -0.1) is 0 Å². The summed E-state index contributed by atoms with van der Waals surface area (Å²) in [6, 6.07) is 11.1. The van der Waals surface area contributed by atoms with Gasteiger partial charge in [0.15, 0.2) is 5.78 Å². The van der Waals surface area contributed by atoms with E-state index in [9.17, 15) is 14.0 Å². The molecule has 0 spiro atoms. The van der Waals surface area contributed by atoms with Gasteiger partial charge in [0.05, 0.1) is 6.54 Å². The van der Waals surface area contributed by atoms with Gasteiger partial charge in [0.2, 0.25) is 5.91 Å². The van der Waals surface area contributed by atoms with Gasteiger partial charge in [-0.1, -0.05) is 17.7 Å². The molecular weight excluding hydrogens is 367 g/mol. The summed E-state index contributed by atoms with van der Waals surface area (Å²) < 4.78 is 13.0. The van der Waals surface area contributed by atoms with Crippen LogP contribution in [0.2, 0.25) is 5.02 Å². The number of ketones is 1. The first-order valence-electron chi connectivity index (χ1n) is 9.01. The van der Waals surface area contributed by atoms with Crippen molar-refractivity contribution in [2.75, 3.05) is 25.0 Å². The number of halogens is 2. The lowest BCUT2D eigenvalue weighted by Gasteiger charge is -2.30. The van der Waals surface area contributed by atoms with Crippen LogP contribution < -0.4 is 5.32 Å². The normalized spacial score (nSPS) is 15.5. The van der Waals surface area contributed by atoms with Crippen LogP contribution in [0.25, 0.3) is 0 Å². The number of anilines is 1. The molecule has 4 nitrogen and oxygen atoms in total. The van der Waals surface area contributed by atoms with E-state index < -0.39 is 0 Å². The Balaban J connectivity index is 1.50. The molecule has 1 fully saturated rings. The molecule has 0 aliphatic carbocycles. The minimum Gasteiger partial charge on any atom is -0.325 e. The van der Waals surface area contributed by atoms with Crippen LogP contribution in [-0.2, 0) is 4.79 Å². The van der Waals surface area contributed by atoms with Crippen molar-refractivity contribution in [3.8, 4) is 0 Å². The predicted octanol–water partition coefficient (Wildman–Crippen LogP) is 4.32. The molecule has 1 saturated heterocycles. The molecular formula is C21H22ClFN2O2. The number of carbonyl (C=O) groups excluding carboxylic acids is 2. The molecule has 0 bridgehead atoms. The fourth-order valence-electron chi connectivity index (χ4n) is 3.34. The predicted molar refractivity (Wildman–Crippen MR) is 105 cm³/mol. The van der Waals surface area contributed by atoms with Gasteiger partial charge in [0.1, 0.15) is 5.82 Å². The number of benzene rings is 2. The van der Waals surface area contributed by atoms with Crippen molar-refractivity contribution < 1.29 is 14.0 Å². The van der Waals surface area contributed by atoms with Crippen LogP contribution in [0.15, 0.2) is 42.5 Å². The molecule has 1 heterocycles. The quantitative estimate of drug-likeness (QED) is 0.776. The molecule has 0 atom stereocenters. The number of amides is 1. The largest absolute Gasteiger partial charge is 0.325 e. The molecule has 142 valence electrons. The molecule has 6 heteroatoms. The fourth-order valence-corrected chi connectivity index (χ4v) is 3.51. The topological polar surface area (TPSA) is 49.4 Å². The van der Waals surface area contributed by atoms with Crippen LogP contribution in [0.5, 0.6) is 0 Å². The van der Waals surface area contributed by atoms with Crippen LogP contribution in [0.3, 0.4) is 0 Å². The van der Waals surface area contributed by atoms with Crippen molar-refractivity contribution in [3.63, 3.8) is 0 Å². The van der Waals surface area contributed by atoms with Gasteiger partial charge in [0.25, 0.3) is 0 Å². The van der Waals surface area contributed by atoms with Gasteiger partial charge < -0.3 is 5.32 Å². The Kier molecular flexibility index (Phi) is 6.24. The Morgan fingerprint density at radius 3 is 2.48 bits per heavy atom. The van der Waals surface area contributed by atoms with Crippen LogP contribution in [0.1, 0.15) is 28.8 Å². The van der Waals surface area contributed by atoms with Crippen LogP contribution in [0, 0.1) is 18.7 Å². The van der Waals surface area contributed by atoms with E-state index in [1.807, 2.05) is 17.9 Å². The maximum Gasteiger partial charge on any atom is 0.238 e. The molecule has 27 heavy (non-hydrogen) atoms. The summed E-state index contributed by atoms with van der Waals surface area (Å²) in [6.45, 7) is 3.51. The van der Waals surface area contributed by atoms with Gasteiger partial charge >= 0.3 is 0 Å². The third kappa shape index (κ3) is 4.93. The smallest absolute Gasteiger partial charge is 0.238 e. The van der Waals surface area contributed by atoms with Crippen LogP contribution >= 0.6 is 11.6 Å². The second-order valence-corrected chi connectivity index (χ2v) is 7.29. The first-order chi connectivity index (χ1) is 12.9. The number of hydrogen-bond acceptors (Lipinski definition) is 3. The Morgan fingerprint density at radius 2 is 1.81 bits per heavy atom. The summed E-state index contributed by atoms with van der Waals surface area (Å²) in [5, 5.41) is 3.51. The third-order valence-electron chi connectivity index (χ3n) is 5.00. The molecule has 0 radical (unpaired) electrons. The van der Waals surface area contributed by atoms with Gasteiger partial charge in [-0.2, -0.15) is 0 Å². The third-order valence-corrected chi connectivity index (χ3v) is 5.41. The summed E-state index contributed by atoms with van der Waals surface area (Å²) in [5.41, 5.74) is 2.11. The van der Waals surface area contributed by atoms with Crippen molar-refractivity contribution in [1.29, 1.82) is 0 Å². The lowest BCUT2D eigenvalue weighted by Crippen LogP contribution is -2.40. The molecule has 2 aromatic carbocycles. The average molecular weight is 389 g/mol.